The van der Waals surface area contributed by atoms with E-state index in [9.17, 15) is 4.79 Å². The lowest BCUT2D eigenvalue weighted by Crippen LogP contribution is -2.09. The van der Waals surface area contributed by atoms with Crippen LogP contribution < -0.4 is 10.1 Å². The van der Waals surface area contributed by atoms with Crippen LogP contribution in [0.5, 0.6) is 6.01 Å². The van der Waals surface area contributed by atoms with E-state index in [0.717, 1.165) is 5.56 Å². The van der Waals surface area contributed by atoms with Gasteiger partial charge in [0.05, 0.1) is 6.61 Å². The minimum Gasteiger partial charge on any atom is -0.463 e. The van der Waals surface area contributed by atoms with Gasteiger partial charge in [0.1, 0.15) is 0 Å². The molecule has 6 nitrogen and oxygen atoms in total. The Morgan fingerprint density at radius 1 is 1.42 bits per heavy atom. The molecule has 0 fully saturated rings. The number of benzene rings is 1. The summed E-state index contributed by atoms with van der Waals surface area (Å²) >= 11 is 0. The molecule has 1 aromatic carbocycles. The molecule has 98 valence electrons. The molecule has 1 aromatic heterocycles. The summed E-state index contributed by atoms with van der Waals surface area (Å²) in [6, 6.07) is 9.76. The number of aromatic amines is 1. The number of hydrogen-bond donors (Lipinski definition) is 2. The molecule has 0 atom stereocenters. The van der Waals surface area contributed by atoms with Gasteiger partial charge in [-0.15, -0.1) is 5.10 Å². The molecule has 6 heteroatoms. The van der Waals surface area contributed by atoms with Gasteiger partial charge in [0.15, 0.2) is 0 Å². The fourth-order valence-electron chi connectivity index (χ4n) is 1.39. The number of carbonyl (C=O) groups is 1. The predicted octanol–water partition coefficient (Wildman–Crippen LogP) is 1.86. The SMILES string of the molecule is CCOc1n[nH]c(NC(=O)/C=C/c2ccccc2)n1. The molecule has 1 heterocycles. The lowest BCUT2D eigenvalue weighted by atomic mass is 10.2. The summed E-state index contributed by atoms with van der Waals surface area (Å²) in [5, 5.41) is 8.90. The van der Waals surface area contributed by atoms with Crippen LogP contribution in [0.25, 0.3) is 6.08 Å². The third kappa shape index (κ3) is 3.95. The van der Waals surface area contributed by atoms with Gasteiger partial charge in [-0.3, -0.25) is 10.1 Å². The van der Waals surface area contributed by atoms with E-state index in [1.807, 2.05) is 37.3 Å². The molecule has 0 spiro atoms. The van der Waals surface area contributed by atoms with Gasteiger partial charge >= 0.3 is 6.01 Å². The second-order valence-electron chi connectivity index (χ2n) is 3.63. The molecular formula is C13H14N4O2. The molecule has 1 amide bonds. The summed E-state index contributed by atoms with van der Waals surface area (Å²) < 4.78 is 5.07. The van der Waals surface area contributed by atoms with Gasteiger partial charge in [0.25, 0.3) is 5.91 Å². The smallest absolute Gasteiger partial charge is 0.337 e. The zero-order valence-electron chi connectivity index (χ0n) is 10.5. The van der Waals surface area contributed by atoms with Crippen molar-refractivity contribution in [3.05, 3.63) is 42.0 Å². The molecular weight excluding hydrogens is 244 g/mol. The number of H-pyrrole nitrogens is 1. The van der Waals surface area contributed by atoms with Crippen LogP contribution in [0, 0.1) is 0 Å². The molecule has 0 radical (unpaired) electrons. The third-order valence-corrected chi connectivity index (χ3v) is 2.21. The third-order valence-electron chi connectivity index (χ3n) is 2.21. The summed E-state index contributed by atoms with van der Waals surface area (Å²) in [6.07, 6.45) is 3.15. The van der Waals surface area contributed by atoms with Gasteiger partial charge in [0.2, 0.25) is 5.95 Å². The highest BCUT2D eigenvalue weighted by molar-refractivity contribution is 6.00. The molecule has 0 saturated heterocycles. The fourth-order valence-corrected chi connectivity index (χ4v) is 1.39. The average molecular weight is 258 g/mol. The summed E-state index contributed by atoms with van der Waals surface area (Å²) in [5.41, 5.74) is 0.949. The van der Waals surface area contributed by atoms with Crippen molar-refractivity contribution in [3.8, 4) is 6.01 Å². The number of nitrogens with zero attached hydrogens (tertiary/aromatic N) is 2. The van der Waals surface area contributed by atoms with Gasteiger partial charge in [-0.25, -0.2) is 5.10 Å². The first kappa shape index (κ1) is 12.8. The molecule has 0 aliphatic rings. The summed E-state index contributed by atoms with van der Waals surface area (Å²) in [6.45, 7) is 2.30. The number of rotatable bonds is 5. The van der Waals surface area contributed by atoms with E-state index in [4.69, 9.17) is 4.74 Å². The molecule has 2 N–H and O–H groups in total. The van der Waals surface area contributed by atoms with Crippen molar-refractivity contribution < 1.29 is 9.53 Å². The first-order valence-electron chi connectivity index (χ1n) is 5.87. The second kappa shape index (κ2) is 6.34. The highest BCUT2D eigenvalue weighted by Crippen LogP contribution is 2.06. The van der Waals surface area contributed by atoms with Gasteiger partial charge < -0.3 is 4.74 Å². The minimum atomic E-state index is -0.289. The summed E-state index contributed by atoms with van der Waals surface area (Å²) in [7, 11) is 0. The van der Waals surface area contributed by atoms with Gasteiger partial charge in [-0.1, -0.05) is 30.3 Å². The first-order valence-corrected chi connectivity index (χ1v) is 5.87. The Morgan fingerprint density at radius 3 is 2.95 bits per heavy atom. The Labute approximate surface area is 110 Å². The van der Waals surface area contributed by atoms with E-state index in [0.29, 0.717) is 6.61 Å². The number of carbonyl (C=O) groups excluding carboxylic acids is 1. The number of anilines is 1. The van der Waals surface area contributed by atoms with Crippen molar-refractivity contribution in [2.24, 2.45) is 0 Å². The van der Waals surface area contributed by atoms with Crippen LogP contribution >= 0.6 is 0 Å². The van der Waals surface area contributed by atoms with Crippen LogP contribution in [0.1, 0.15) is 12.5 Å². The van der Waals surface area contributed by atoms with E-state index in [1.54, 1.807) is 6.08 Å². The Bertz CT molecular complexity index is 563. The standard InChI is InChI=1S/C13H14N4O2/c1-2-19-13-15-12(16-17-13)14-11(18)9-8-10-6-4-3-5-7-10/h3-9H,2H2,1H3,(H2,14,15,16,17,18)/b9-8+. The van der Waals surface area contributed by atoms with E-state index in [2.05, 4.69) is 20.5 Å². The molecule has 2 rings (SSSR count). The fraction of sp³-hybridized carbons (Fsp3) is 0.154. The van der Waals surface area contributed by atoms with Crippen molar-refractivity contribution in [2.45, 2.75) is 6.92 Å². The lowest BCUT2D eigenvalue weighted by Gasteiger charge is -1.95. The molecule has 0 bridgehead atoms. The highest BCUT2D eigenvalue weighted by atomic mass is 16.5. The maximum Gasteiger partial charge on any atom is 0.337 e. The summed E-state index contributed by atoms with van der Waals surface area (Å²) in [4.78, 5) is 15.6. The number of aromatic nitrogens is 3. The predicted molar refractivity (Wildman–Crippen MR) is 71.7 cm³/mol. The Kier molecular flexibility index (Phi) is 4.28. The molecule has 0 saturated carbocycles. The molecule has 0 aliphatic heterocycles. The van der Waals surface area contributed by atoms with Crippen LogP contribution in [0.3, 0.4) is 0 Å². The van der Waals surface area contributed by atoms with E-state index >= 15 is 0 Å². The number of ether oxygens (including phenoxy) is 1. The maximum atomic E-state index is 11.6. The summed E-state index contributed by atoms with van der Waals surface area (Å²) in [5.74, 6) is -0.0331. The van der Waals surface area contributed by atoms with Crippen LogP contribution in [0.2, 0.25) is 0 Å². The van der Waals surface area contributed by atoms with Crippen molar-refractivity contribution in [2.75, 3.05) is 11.9 Å². The second-order valence-corrected chi connectivity index (χ2v) is 3.63. The first-order chi connectivity index (χ1) is 9.28. The zero-order chi connectivity index (χ0) is 13.5. The average Bonchev–Trinajstić information content (AvgIpc) is 2.85. The van der Waals surface area contributed by atoms with E-state index in [1.165, 1.54) is 6.08 Å². The Balaban J connectivity index is 1.92. The van der Waals surface area contributed by atoms with Gasteiger partial charge in [-0.05, 0) is 18.6 Å². The topological polar surface area (TPSA) is 79.9 Å². The van der Waals surface area contributed by atoms with Crippen LogP contribution in [-0.2, 0) is 4.79 Å². The Hall–Kier alpha value is -2.63. The number of nitrogens with one attached hydrogen (secondary N) is 2. The molecule has 0 unspecified atom stereocenters. The normalized spacial score (nSPS) is 10.6. The van der Waals surface area contributed by atoms with Gasteiger partial charge in [-0.2, -0.15) is 4.98 Å². The van der Waals surface area contributed by atoms with Crippen LogP contribution in [0.4, 0.5) is 5.95 Å². The number of hydrogen-bond acceptors (Lipinski definition) is 4. The van der Waals surface area contributed by atoms with Crippen molar-refractivity contribution in [3.63, 3.8) is 0 Å². The van der Waals surface area contributed by atoms with Crippen molar-refractivity contribution in [1.29, 1.82) is 0 Å². The number of amides is 1. The van der Waals surface area contributed by atoms with Crippen molar-refractivity contribution >= 4 is 17.9 Å². The van der Waals surface area contributed by atoms with Crippen LogP contribution in [-0.4, -0.2) is 27.7 Å². The maximum absolute atomic E-state index is 11.6. The van der Waals surface area contributed by atoms with Crippen molar-refractivity contribution in [1.82, 2.24) is 15.2 Å². The molecule has 19 heavy (non-hydrogen) atoms. The monoisotopic (exact) mass is 258 g/mol. The lowest BCUT2D eigenvalue weighted by molar-refractivity contribution is -0.111. The van der Waals surface area contributed by atoms with E-state index in [-0.39, 0.29) is 17.9 Å². The highest BCUT2D eigenvalue weighted by Gasteiger charge is 2.05. The quantitative estimate of drug-likeness (QED) is 0.802. The van der Waals surface area contributed by atoms with Crippen LogP contribution in [0.15, 0.2) is 36.4 Å². The molecule has 0 aliphatic carbocycles. The largest absolute Gasteiger partial charge is 0.463 e. The zero-order valence-corrected chi connectivity index (χ0v) is 10.5. The van der Waals surface area contributed by atoms with E-state index < -0.39 is 0 Å². The molecule has 2 aromatic rings. The minimum absolute atomic E-state index is 0.213. The Morgan fingerprint density at radius 2 is 2.21 bits per heavy atom. The van der Waals surface area contributed by atoms with Gasteiger partial charge in [0, 0.05) is 6.08 Å².